The molecule has 2 rings (SSSR count). The van der Waals surface area contributed by atoms with Gasteiger partial charge in [0.2, 0.25) is 0 Å². The molecule has 2 unspecified atom stereocenters. The Morgan fingerprint density at radius 3 is 2.39 bits per heavy atom. The van der Waals surface area contributed by atoms with Crippen LogP contribution in [0.25, 0.3) is 0 Å². The Labute approximate surface area is 137 Å². The lowest BCUT2D eigenvalue weighted by Gasteiger charge is -2.22. The number of benzene rings is 1. The van der Waals surface area contributed by atoms with Gasteiger partial charge < -0.3 is 20.3 Å². The van der Waals surface area contributed by atoms with Crippen molar-refractivity contribution in [2.45, 2.75) is 70.3 Å². The number of aryl methyl sites for hydroxylation is 1. The Hall–Kier alpha value is -1.59. The Kier molecular flexibility index (Phi) is 6.42. The number of carbonyl (C=O) groups excluding carboxylic acids is 1. The van der Waals surface area contributed by atoms with Crippen LogP contribution in [0.5, 0.6) is 5.75 Å². The number of amides is 1. The first-order valence-electron chi connectivity index (χ1n) is 8.40. The summed E-state index contributed by atoms with van der Waals surface area (Å²) in [4.78, 5) is 12.5. The number of rotatable bonds is 5. The van der Waals surface area contributed by atoms with Gasteiger partial charge in [0, 0.05) is 6.04 Å². The van der Waals surface area contributed by atoms with Gasteiger partial charge in [0.25, 0.3) is 5.91 Å². The topological polar surface area (TPSA) is 78.8 Å². The molecule has 1 amide bonds. The lowest BCUT2D eigenvalue weighted by Crippen LogP contribution is -2.43. The van der Waals surface area contributed by atoms with E-state index in [1.165, 1.54) is 0 Å². The van der Waals surface area contributed by atoms with E-state index in [9.17, 15) is 15.0 Å². The smallest absolute Gasteiger partial charge is 0.261 e. The van der Waals surface area contributed by atoms with Gasteiger partial charge in [-0.1, -0.05) is 25.1 Å². The van der Waals surface area contributed by atoms with Crippen molar-refractivity contribution in [3.63, 3.8) is 0 Å². The minimum absolute atomic E-state index is 0.0242. The summed E-state index contributed by atoms with van der Waals surface area (Å²) in [7, 11) is 0. The molecule has 5 heteroatoms. The molecule has 1 aromatic carbocycles. The van der Waals surface area contributed by atoms with Crippen molar-refractivity contribution in [2.24, 2.45) is 0 Å². The molecule has 0 saturated heterocycles. The predicted molar refractivity (Wildman–Crippen MR) is 88.3 cm³/mol. The van der Waals surface area contributed by atoms with Gasteiger partial charge in [0.1, 0.15) is 5.75 Å². The van der Waals surface area contributed by atoms with Crippen LogP contribution in [0.4, 0.5) is 0 Å². The molecular formula is C18H27NO4. The standard InChI is InChI=1S/C18H27NO4/c1-3-16(23-17-7-5-4-6-12(17)2)18(22)19-13-8-10-14(20)15(21)11-9-13/h4-7,13-16,20-21H,3,8-11H2,1-2H3,(H,19,22)/t13?,14-,15+,16?. The Balaban J connectivity index is 1.93. The fraction of sp³-hybridized carbons (Fsp3) is 0.611. The van der Waals surface area contributed by atoms with Crippen LogP contribution in [0.2, 0.25) is 0 Å². The molecule has 5 nitrogen and oxygen atoms in total. The van der Waals surface area contributed by atoms with E-state index < -0.39 is 18.3 Å². The van der Waals surface area contributed by atoms with Gasteiger partial charge in [-0.05, 0) is 50.7 Å². The largest absolute Gasteiger partial charge is 0.480 e. The van der Waals surface area contributed by atoms with Crippen LogP contribution in [-0.2, 0) is 4.79 Å². The summed E-state index contributed by atoms with van der Waals surface area (Å²) < 4.78 is 5.86. The number of hydrogen-bond acceptors (Lipinski definition) is 4. The molecule has 1 fully saturated rings. The third kappa shape index (κ3) is 4.94. The molecule has 0 aliphatic heterocycles. The predicted octanol–water partition coefficient (Wildman–Crippen LogP) is 1.93. The summed E-state index contributed by atoms with van der Waals surface area (Å²) in [6, 6.07) is 7.62. The van der Waals surface area contributed by atoms with Gasteiger partial charge in [-0.3, -0.25) is 4.79 Å². The second-order valence-corrected chi connectivity index (χ2v) is 6.28. The average molecular weight is 321 g/mol. The van der Waals surface area contributed by atoms with Crippen molar-refractivity contribution in [1.82, 2.24) is 5.32 Å². The van der Waals surface area contributed by atoms with Crippen LogP contribution < -0.4 is 10.1 Å². The first-order chi connectivity index (χ1) is 11.0. The summed E-state index contributed by atoms with van der Waals surface area (Å²) in [5, 5.41) is 22.4. The maximum atomic E-state index is 12.5. The van der Waals surface area contributed by atoms with Crippen molar-refractivity contribution in [1.29, 1.82) is 0 Å². The third-order valence-corrected chi connectivity index (χ3v) is 4.44. The molecule has 1 aromatic rings. The summed E-state index contributed by atoms with van der Waals surface area (Å²) in [6.45, 7) is 3.87. The summed E-state index contributed by atoms with van der Waals surface area (Å²) >= 11 is 0. The maximum absolute atomic E-state index is 12.5. The minimum atomic E-state index is -0.693. The lowest BCUT2D eigenvalue weighted by atomic mass is 10.1. The molecule has 0 heterocycles. The zero-order chi connectivity index (χ0) is 16.8. The second kappa shape index (κ2) is 8.31. The molecular weight excluding hydrogens is 294 g/mol. The highest BCUT2D eigenvalue weighted by Gasteiger charge is 2.27. The van der Waals surface area contributed by atoms with Crippen molar-refractivity contribution >= 4 is 5.91 Å². The normalized spacial score (nSPS) is 26.2. The second-order valence-electron chi connectivity index (χ2n) is 6.28. The van der Waals surface area contributed by atoms with E-state index in [-0.39, 0.29) is 11.9 Å². The van der Waals surface area contributed by atoms with Gasteiger partial charge in [0.05, 0.1) is 12.2 Å². The SMILES string of the molecule is CCC(Oc1ccccc1C)C(=O)NC1CC[C@@H](O)[C@@H](O)CC1. The van der Waals surface area contributed by atoms with Crippen LogP contribution in [-0.4, -0.2) is 40.5 Å². The van der Waals surface area contributed by atoms with E-state index in [1.807, 2.05) is 38.1 Å². The number of aliphatic hydroxyl groups is 2. The van der Waals surface area contributed by atoms with E-state index in [0.717, 1.165) is 11.3 Å². The number of carbonyl (C=O) groups is 1. The highest BCUT2D eigenvalue weighted by atomic mass is 16.5. The van der Waals surface area contributed by atoms with Gasteiger partial charge in [-0.15, -0.1) is 0 Å². The van der Waals surface area contributed by atoms with Crippen LogP contribution in [0, 0.1) is 6.92 Å². The average Bonchev–Trinajstić information content (AvgIpc) is 2.69. The lowest BCUT2D eigenvalue weighted by molar-refractivity contribution is -0.129. The molecule has 0 spiro atoms. The molecule has 23 heavy (non-hydrogen) atoms. The van der Waals surface area contributed by atoms with Crippen LogP contribution in [0.15, 0.2) is 24.3 Å². The van der Waals surface area contributed by atoms with E-state index in [1.54, 1.807) is 0 Å². The Bertz CT molecular complexity index is 507. The summed E-state index contributed by atoms with van der Waals surface area (Å²) in [5.74, 6) is 0.591. The zero-order valence-corrected chi connectivity index (χ0v) is 13.9. The Morgan fingerprint density at radius 1 is 1.22 bits per heavy atom. The third-order valence-electron chi connectivity index (χ3n) is 4.44. The summed E-state index contributed by atoms with van der Waals surface area (Å²) in [5.41, 5.74) is 1.000. The van der Waals surface area contributed by atoms with Crippen molar-refractivity contribution in [3.05, 3.63) is 29.8 Å². The molecule has 1 aliphatic rings. The highest BCUT2D eigenvalue weighted by molar-refractivity contribution is 5.81. The molecule has 0 aromatic heterocycles. The number of hydrogen-bond donors (Lipinski definition) is 3. The van der Waals surface area contributed by atoms with Crippen LogP contribution in [0.1, 0.15) is 44.6 Å². The first-order valence-corrected chi connectivity index (χ1v) is 8.40. The van der Waals surface area contributed by atoms with Gasteiger partial charge >= 0.3 is 0 Å². The number of para-hydroxylation sites is 1. The monoisotopic (exact) mass is 321 g/mol. The quantitative estimate of drug-likeness (QED) is 0.724. The fourth-order valence-electron chi connectivity index (χ4n) is 2.88. The molecule has 128 valence electrons. The van der Waals surface area contributed by atoms with Crippen LogP contribution in [0.3, 0.4) is 0 Å². The first kappa shape index (κ1) is 17.8. The maximum Gasteiger partial charge on any atom is 0.261 e. The Morgan fingerprint density at radius 2 is 1.83 bits per heavy atom. The number of nitrogens with one attached hydrogen (secondary N) is 1. The van der Waals surface area contributed by atoms with Crippen molar-refractivity contribution in [2.75, 3.05) is 0 Å². The molecule has 0 radical (unpaired) electrons. The van der Waals surface area contributed by atoms with E-state index in [2.05, 4.69) is 5.32 Å². The molecule has 3 N–H and O–H groups in total. The van der Waals surface area contributed by atoms with Gasteiger partial charge in [-0.25, -0.2) is 0 Å². The van der Waals surface area contributed by atoms with Gasteiger partial charge in [0.15, 0.2) is 6.10 Å². The zero-order valence-electron chi connectivity index (χ0n) is 13.9. The molecule has 0 bridgehead atoms. The van der Waals surface area contributed by atoms with Crippen LogP contribution >= 0.6 is 0 Å². The number of aliphatic hydroxyl groups excluding tert-OH is 2. The highest BCUT2D eigenvalue weighted by Crippen LogP contribution is 2.21. The minimum Gasteiger partial charge on any atom is -0.480 e. The molecule has 1 saturated carbocycles. The van der Waals surface area contributed by atoms with Crippen molar-refractivity contribution < 1.29 is 19.7 Å². The summed E-state index contributed by atoms with van der Waals surface area (Å²) in [6.07, 6.45) is 1.01. The molecule has 4 atom stereocenters. The van der Waals surface area contributed by atoms with E-state index in [0.29, 0.717) is 32.1 Å². The fourth-order valence-corrected chi connectivity index (χ4v) is 2.88. The van der Waals surface area contributed by atoms with Crippen molar-refractivity contribution in [3.8, 4) is 5.75 Å². The van der Waals surface area contributed by atoms with Gasteiger partial charge in [-0.2, -0.15) is 0 Å². The molecule has 1 aliphatic carbocycles. The van der Waals surface area contributed by atoms with E-state index in [4.69, 9.17) is 4.74 Å². The number of ether oxygens (including phenoxy) is 1. The van der Waals surface area contributed by atoms with E-state index >= 15 is 0 Å².